The van der Waals surface area contributed by atoms with Crippen LogP contribution in [0.1, 0.15) is 79.9 Å². The van der Waals surface area contributed by atoms with Crippen molar-refractivity contribution >= 4 is 23.3 Å². The minimum absolute atomic E-state index is 0.0497. The van der Waals surface area contributed by atoms with Gasteiger partial charge in [0.25, 0.3) is 5.91 Å². The van der Waals surface area contributed by atoms with Crippen molar-refractivity contribution < 1.29 is 14.0 Å². The highest BCUT2D eigenvalue weighted by Gasteiger charge is 2.39. The first-order valence-electron chi connectivity index (χ1n) is 10.8. The lowest BCUT2D eigenvalue weighted by Crippen LogP contribution is -2.50. The van der Waals surface area contributed by atoms with Crippen LogP contribution in [0.25, 0.3) is 0 Å². The van der Waals surface area contributed by atoms with Crippen molar-refractivity contribution in [1.29, 1.82) is 0 Å². The van der Waals surface area contributed by atoms with Crippen LogP contribution in [0.3, 0.4) is 0 Å². The molecule has 160 valence electrons. The quantitative estimate of drug-likeness (QED) is 0.743. The third kappa shape index (κ3) is 4.69. The van der Waals surface area contributed by atoms with Gasteiger partial charge in [-0.05, 0) is 54.9 Å². The standard InChI is InChI=1S/C22H27FN4O2S/c23-16-12-10-15(11-13-16)20(21(28)24-17-6-2-1-3-7-17)27(18-8-4-5-9-18)22(29)19-14-30-26-25-19/h10-14,17-18,20H,1-9H2,(H,24,28)/t20-/m1/s1. The summed E-state index contributed by atoms with van der Waals surface area (Å²) in [7, 11) is 0. The van der Waals surface area contributed by atoms with Crippen LogP contribution in [-0.4, -0.2) is 38.4 Å². The maximum absolute atomic E-state index is 13.6. The van der Waals surface area contributed by atoms with Gasteiger partial charge in [0.2, 0.25) is 5.91 Å². The number of halogens is 1. The number of hydrogen-bond donors (Lipinski definition) is 1. The summed E-state index contributed by atoms with van der Waals surface area (Å²) in [6.07, 6.45) is 9.02. The molecular formula is C22H27FN4O2S. The van der Waals surface area contributed by atoms with Crippen LogP contribution in [0.15, 0.2) is 29.6 Å². The second kappa shape index (κ2) is 9.64. The van der Waals surface area contributed by atoms with E-state index in [9.17, 15) is 14.0 Å². The smallest absolute Gasteiger partial charge is 0.276 e. The van der Waals surface area contributed by atoms with Gasteiger partial charge in [0, 0.05) is 17.5 Å². The predicted molar refractivity (Wildman–Crippen MR) is 112 cm³/mol. The summed E-state index contributed by atoms with van der Waals surface area (Å²) in [4.78, 5) is 28.7. The van der Waals surface area contributed by atoms with Crippen LogP contribution in [0.4, 0.5) is 4.39 Å². The molecule has 0 radical (unpaired) electrons. The van der Waals surface area contributed by atoms with Crippen LogP contribution >= 0.6 is 11.5 Å². The normalized spacial score (nSPS) is 18.8. The van der Waals surface area contributed by atoms with E-state index in [-0.39, 0.29) is 35.4 Å². The van der Waals surface area contributed by atoms with Crippen LogP contribution in [-0.2, 0) is 4.79 Å². The Hall–Kier alpha value is -2.35. The number of rotatable bonds is 6. The van der Waals surface area contributed by atoms with Gasteiger partial charge in [0.05, 0.1) is 0 Å². The van der Waals surface area contributed by atoms with E-state index in [2.05, 4.69) is 14.9 Å². The van der Waals surface area contributed by atoms with Crippen molar-refractivity contribution in [2.45, 2.75) is 75.9 Å². The van der Waals surface area contributed by atoms with E-state index >= 15 is 0 Å². The number of hydrogen-bond acceptors (Lipinski definition) is 5. The molecule has 2 amide bonds. The second-order valence-corrected chi connectivity index (χ2v) is 8.85. The van der Waals surface area contributed by atoms with Gasteiger partial charge in [-0.2, -0.15) is 0 Å². The third-order valence-corrected chi connectivity index (χ3v) is 6.70. The first kappa shape index (κ1) is 20.9. The molecule has 2 aromatic rings. The lowest BCUT2D eigenvalue weighted by atomic mass is 9.94. The fourth-order valence-corrected chi connectivity index (χ4v) is 5.11. The van der Waals surface area contributed by atoms with Gasteiger partial charge in [0.15, 0.2) is 5.69 Å². The number of carbonyl (C=O) groups is 2. The molecule has 2 aliphatic carbocycles. The Bertz CT molecular complexity index is 847. The van der Waals surface area contributed by atoms with E-state index < -0.39 is 6.04 Å². The molecule has 4 rings (SSSR count). The van der Waals surface area contributed by atoms with Crippen molar-refractivity contribution in [2.24, 2.45) is 0 Å². The zero-order valence-electron chi connectivity index (χ0n) is 16.9. The Labute approximate surface area is 180 Å². The highest BCUT2D eigenvalue weighted by atomic mass is 32.1. The van der Waals surface area contributed by atoms with Gasteiger partial charge >= 0.3 is 0 Å². The van der Waals surface area contributed by atoms with Gasteiger partial charge < -0.3 is 10.2 Å². The summed E-state index contributed by atoms with van der Waals surface area (Å²) in [5.74, 6) is -0.853. The van der Waals surface area contributed by atoms with E-state index in [1.807, 2.05) is 0 Å². The monoisotopic (exact) mass is 430 g/mol. The number of nitrogens with one attached hydrogen (secondary N) is 1. The molecule has 2 aliphatic rings. The molecule has 0 aliphatic heterocycles. The van der Waals surface area contributed by atoms with E-state index in [1.165, 1.54) is 18.6 Å². The van der Waals surface area contributed by atoms with Crippen LogP contribution in [0.5, 0.6) is 0 Å². The Morgan fingerprint density at radius 1 is 1.03 bits per heavy atom. The molecule has 0 spiro atoms. The average molecular weight is 431 g/mol. The molecule has 6 nitrogen and oxygen atoms in total. The maximum Gasteiger partial charge on any atom is 0.276 e. The molecule has 0 saturated heterocycles. The average Bonchev–Trinajstić information content (AvgIpc) is 3.47. The lowest BCUT2D eigenvalue weighted by Gasteiger charge is -2.36. The molecule has 0 unspecified atom stereocenters. The lowest BCUT2D eigenvalue weighted by molar-refractivity contribution is -0.127. The number of amides is 2. The maximum atomic E-state index is 13.6. The molecule has 8 heteroatoms. The summed E-state index contributed by atoms with van der Waals surface area (Å²) >= 11 is 1.12. The molecule has 1 aromatic heterocycles. The number of carbonyl (C=O) groups excluding carboxylic acids is 2. The van der Waals surface area contributed by atoms with Gasteiger partial charge in [0.1, 0.15) is 11.9 Å². The minimum atomic E-state index is -0.815. The number of nitrogens with zero attached hydrogens (tertiary/aromatic N) is 3. The van der Waals surface area contributed by atoms with Gasteiger partial charge in [-0.1, -0.05) is 48.7 Å². The molecule has 1 atom stereocenters. The van der Waals surface area contributed by atoms with E-state index in [1.54, 1.807) is 22.4 Å². The predicted octanol–water partition coefficient (Wildman–Crippen LogP) is 4.25. The molecule has 1 heterocycles. The van der Waals surface area contributed by atoms with Gasteiger partial charge in [-0.25, -0.2) is 4.39 Å². The zero-order chi connectivity index (χ0) is 20.9. The van der Waals surface area contributed by atoms with E-state index in [0.29, 0.717) is 5.56 Å². The first-order valence-corrected chi connectivity index (χ1v) is 11.6. The Morgan fingerprint density at radius 2 is 1.70 bits per heavy atom. The topological polar surface area (TPSA) is 75.2 Å². The van der Waals surface area contributed by atoms with Crippen molar-refractivity contribution in [3.05, 3.63) is 46.7 Å². The molecule has 30 heavy (non-hydrogen) atoms. The highest BCUT2D eigenvalue weighted by molar-refractivity contribution is 7.03. The summed E-state index contributed by atoms with van der Waals surface area (Å²) in [5.41, 5.74) is 0.873. The summed E-state index contributed by atoms with van der Waals surface area (Å²) in [6, 6.07) is 5.16. The minimum Gasteiger partial charge on any atom is -0.351 e. The molecule has 1 N–H and O–H groups in total. The van der Waals surface area contributed by atoms with Crippen molar-refractivity contribution in [3.63, 3.8) is 0 Å². The third-order valence-electron chi connectivity index (χ3n) is 6.20. The molecule has 2 saturated carbocycles. The summed E-state index contributed by atoms with van der Waals surface area (Å²) in [6.45, 7) is 0. The fourth-order valence-electron chi connectivity index (χ4n) is 4.68. The van der Waals surface area contributed by atoms with E-state index in [0.717, 1.165) is 62.9 Å². The first-order chi connectivity index (χ1) is 14.6. The molecule has 1 aromatic carbocycles. The van der Waals surface area contributed by atoms with Gasteiger partial charge in [-0.3, -0.25) is 9.59 Å². The fraction of sp³-hybridized carbons (Fsp3) is 0.545. The Kier molecular flexibility index (Phi) is 6.72. The summed E-state index contributed by atoms with van der Waals surface area (Å²) in [5, 5.41) is 8.75. The zero-order valence-corrected chi connectivity index (χ0v) is 17.7. The molecule has 0 bridgehead atoms. The molecular weight excluding hydrogens is 403 g/mol. The second-order valence-electron chi connectivity index (χ2n) is 8.24. The van der Waals surface area contributed by atoms with Crippen molar-refractivity contribution in [2.75, 3.05) is 0 Å². The highest BCUT2D eigenvalue weighted by Crippen LogP contribution is 2.33. The number of aromatic nitrogens is 2. The number of benzene rings is 1. The summed E-state index contributed by atoms with van der Waals surface area (Å²) < 4.78 is 17.4. The van der Waals surface area contributed by atoms with Gasteiger partial charge in [-0.15, -0.1) is 5.10 Å². The Morgan fingerprint density at radius 3 is 2.33 bits per heavy atom. The van der Waals surface area contributed by atoms with Crippen LogP contribution < -0.4 is 5.32 Å². The van der Waals surface area contributed by atoms with Crippen LogP contribution in [0, 0.1) is 5.82 Å². The SMILES string of the molecule is O=C(NC1CCCCC1)[C@@H](c1ccc(F)cc1)N(C(=O)c1csnn1)C1CCCC1. The van der Waals surface area contributed by atoms with Crippen molar-refractivity contribution in [1.82, 2.24) is 19.8 Å². The van der Waals surface area contributed by atoms with Crippen molar-refractivity contribution in [3.8, 4) is 0 Å². The van der Waals surface area contributed by atoms with E-state index in [4.69, 9.17) is 0 Å². The molecule has 2 fully saturated rings. The Balaban J connectivity index is 1.69. The van der Waals surface area contributed by atoms with Crippen LogP contribution in [0.2, 0.25) is 0 Å². The largest absolute Gasteiger partial charge is 0.351 e.